The van der Waals surface area contributed by atoms with Crippen molar-refractivity contribution in [2.24, 2.45) is 5.92 Å². The van der Waals surface area contributed by atoms with Crippen molar-refractivity contribution < 1.29 is 4.79 Å². The number of Topliss-reactive ketones (excluding diaryl/α,β-unsaturated/α-hetero) is 1. The summed E-state index contributed by atoms with van der Waals surface area (Å²) in [6.07, 6.45) is 1.65. The molecule has 1 heterocycles. The minimum Gasteiger partial charge on any atom is -0.369 e. The van der Waals surface area contributed by atoms with Crippen LogP contribution >= 0.6 is 0 Å². The molecule has 0 bridgehead atoms. The maximum atomic E-state index is 11.7. The van der Waals surface area contributed by atoms with Crippen molar-refractivity contribution in [3.8, 4) is 0 Å². The highest BCUT2D eigenvalue weighted by atomic mass is 16.1. The molecule has 0 spiro atoms. The Bertz CT molecular complexity index is 545. The summed E-state index contributed by atoms with van der Waals surface area (Å²) in [5, 5.41) is 0. The molecule has 0 N–H and O–H groups in total. The molecule has 1 saturated heterocycles. The van der Waals surface area contributed by atoms with Gasteiger partial charge in [-0.15, -0.1) is 0 Å². The van der Waals surface area contributed by atoms with Crippen LogP contribution in [0.1, 0.15) is 46.1 Å². The van der Waals surface area contributed by atoms with Crippen LogP contribution in [0.5, 0.6) is 0 Å². The molecule has 4 heteroatoms. The van der Waals surface area contributed by atoms with E-state index in [2.05, 4.69) is 59.9 Å². The summed E-state index contributed by atoms with van der Waals surface area (Å²) < 4.78 is 0. The molecule has 1 fully saturated rings. The van der Waals surface area contributed by atoms with Crippen molar-refractivity contribution in [3.05, 3.63) is 29.8 Å². The van der Waals surface area contributed by atoms with Gasteiger partial charge in [0.1, 0.15) is 5.78 Å². The van der Waals surface area contributed by atoms with Gasteiger partial charge < -0.3 is 9.80 Å². The Morgan fingerprint density at radius 2 is 1.65 bits per heavy atom. The minimum absolute atomic E-state index is 0.162. The predicted octanol–water partition coefficient (Wildman–Crippen LogP) is 3.65. The van der Waals surface area contributed by atoms with E-state index >= 15 is 0 Å². The van der Waals surface area contributed by atoms with Crippen LogP contribution in [-0.2, 0) is 11.3 Å². The monoisotopic (exact) mass is 359 g/mol. The number of nitrogens with zero attached hydrogens (tertiary/aromatic N) is 3. The van der Waals surface area contributed by atoms with Gasteiger partial charge in [0.15, 0.2) is 0 Å². The van der Waals surface area contributed by atoms with E-state index < -0.39 is 0 Å². The van der Waals surface area contributed by atoms with Crippen LogP contribution in [0.4, 0.5) is 5.69 Å². The van der Waals surface area contributed by atoms with Gasteiger partial charge in [-0.05, 0) is 51.6 Å². The highest BCUT2D eigenvalue weighted by Gasteiger charge is 2.18. The van der Waals surface area contributed by atoms with Crippen molar-refractivity contribution in [1.82, 2.24) is 9.80 Å². The zero-order valence-corrected chi connectivity index (χ0v) is 17.4. The van der Waals surface area contributed by atoms with Gasteiger partial charge in [-0.1, -0.05) is 26.0 Å². The van der Waals surface area contributed by atoms with Gasteiger partial charge >= 0.3 is 0 Å². The van der Waals surface area contributed by atoms with Gasteiger partial charge in [-0.25, -0.2) is 0 Å². The molecule has 0 unspecified atom stereocenters. The SMILES string of the molecule is CC(C)C(=O)CCCN(C)Cc1ccc(N2CCN(C(C)C)CC2)cc1. The molecule has 26 heavy (non-hydrogen) atoms. The van der Waals surface area contributed by atoms with Gasteiger partial charge in [-0.2, -0.15) is 0 Å². The average Bonchev–Trinajstić information content (AvgIpc) is 2.62. The van der Waals surface area contributed by atoms with E-state index in [9.17, 15) is 4.79 Å². The molecule has 1 aromatic carbocycles. The molecular formula is C22H37N3O. The molecule has 0 aliphatic carbocycles. The second-order valence-corrected chi connectivity index (χ2v) is 8.25. The second kappa shape index (κ2) is 10.1. The first-order valence-corrected chi connectivity index (χ1v) is 10.2. The van der Waals surface area contributed by atoms with E-state index in [-0.39, 0.29) is 5.92 Å². The molecule has 0 radical (unpaired) electrons. The van der Waals surface area contributed by atoms with Gasteiger partial charge in [0, 0.05) is 56.8 Å². The number of rotatable bonds is 9. The number of carbonyl (C=O) groups is 1. The molecule has 0 atom stereocenters. The van der Waals surface area contributed by atoms with Gasteiger partial charge in [0.05, 0.1) is 0 Å². The summed E-state index contributed by atoms with van der Waals surface area (Å²) in [5.41, 5.74) is 2.68. The van der Waals surface area contributed by atoms with E-state index in [0.29, 0.717) is 18.2 Å². The number of hydrogen-bond donors (Lipinski definition) is 0. The van der Waals surface area contributed by atoms with Crippen molar-refractivity contribution in [1.29, 1.82) is 0 Å². The topological polar surface area (TPSA) is 26.8 Å². The lowest BCUT2D eigenvalue weighted by atomic mass is 10.0. The normalized spacial score (nSPS) is 16.1. The van der Waals surface area contributed by atoms with Gasteiger partial charge in [-0.3, -0.25) is 9.69 Å². The van der Waals surface area contributed by atoms with Crippen molar-refractivity contribution in [3.63, 3.8) is 0 Å². The van der Waals surface area contributed by atoms with Crippen LogP contribution in [0.3, 0.4) is 0 Å². The van der Waals surface area contributed by atoms with Crippen LogP contribution in [0.15, 0.2) is 24.3 Å². The van der Waals surface area contributed by atoms with E-state index in [0.717, 1.165) is 45.7 Å². The van der Waals surface area contributed by atoms with Crippen LogP contribution in [0.2, 0.25) is 0 Å². The molecule has 2 rings (SSSR count). The first kappa shape index (κ1) is 20.9. The Morgan fingerprint density at radius 1 is 1.04 bits per heavy atom. The highest BCUT2D eigenvalue weighted by molar-refractivity contribution is 5.80. The third kappa shape index (κ3) is 6.40. The first-order valence-electron chi connectivity index (χ1n) is 10.2. The molecule has 1 aliphatic heterocycles. The summed E-state index contributed by atoms with van der Waals surface area (Å²) in [5.74, 6) is 0.538. The lowest BCUT2D eigenvalue weighted by molar-refractivity contribution is -0.122. The largest absolute Gasteiger partial charge is 0.369 e. The van der Waals surface area contributed by atoms with E-state index in [1.54, 1.807) is 0 Å². The summed E-state index contributed by atoms with van der Waals surface area (Å²) >= 11 is 0. The Morgan fingerprint density at radius 3 is 2.19 bits per heavy atom. The fourth-order valence-electron chi connectivity index (χ4n) is 3.51. The molecule has 0 saturated carbocycles. The van der Waals surface area contributed by atoms with Crippen molar-refractivity contribution in [2.45, 2.75) is 53.1 Å². The molecule has 1 aromatic rings. The van der Waals surface area contributed by atoms with Gasteiger partial charge in [0.2, 0.25) is 0 Å². The second-order valence-electron chi connectivity index (χ2n) is 8.25. The number of piperazine rings is 1. The first-order chi connectivity index (χ1) is 12.4. The summed E-state index contributed by atoms with van der Waals surface area (Å²) in [6.45, 7) is 15.0. The fourth-order valence-corrected chi connectivity index (χ4v) is 3.51. The third-order valence-electron chi connectivity index (χ3n) is 5.41. The summed E-state index contributed by atoms with van der Waals surface area (Å²) in [4.78, 5) is 19.0. The van der Waals surface area contributed by atoms with Gasteiger partial charge in [0.25, 0.3) is 0 Å². The maximum absolute atomic E-state index is 11.7. The quantitative estimate of drug-likeness (QED) is 0.672. The van der Waals surface area contributed by atoms with Crippen LogP contribution in [-0.4, -0.2) is 61.4 Å². The van der Waals surface area contributed by atoms with Crippen LogP contribution < -0.4 is 4.90 Å². The zero-order chi connectivity index (χ0) is 19.1. The molecular weight excluding hydrogens is 322 g/mol. The average molecular weight is 360 g/mol. The Labute approximate surface area is 160 Å². The standard InChI is InChI=1S/C22H37N3O/c1-18(2)22(26)7-6-12-23(5)17-20-8-10-21(11-9-20)25-15-13-24(14-16-25)19(3)4/h8-11,18-19H,6-7,12-17H2,1-5H3. The Kier molecular flexibility index (Phi) is 8.11. The third-order valence-corrected chi connectivity index (χ3v) is 5.41. The lowest BCUT2D eigenvalue weighted by Crippen LogP contribution is -2.48. The van der Waals surface area contributed by atoms with E-state index in [1.165, 1.54) is 11.3 Å². The smallest absolute Gasteiger partial charge is 0.135 e. The number of carbonyl (C=O) groups excluding carboxylic acids is 1. The van der Waals surface area contributed by atoms with Crippen LogP contribution in [0.25, 0.3) is 0 Å². The van der Waals surface area contributed by atoms with Crippen LogP contribution in [0, 0.1) is 5.92 Å². The molecule has 146 valence electrons. The number of ketones is 1. The summed E-state index contributed by atoms with van der Waals surface area (Å²) in [7, 11) is 2.14. The highest BCUT2D eigenvalue weighted by Crippen LogP contribution is 2.19. The Balaban J connectivity index is 1.76. The zero-order valence-electron chi connectivity index (χ0n) is 17.4. The van der Waals surface area contributed by atoms with Crippen molar-refractivity contribution >= 4 is 11.5 Å². The number of anilines is 1. The van der Waals surface area contributed by atoms with E-state index in [4.69, 9.17) is 0 Å². The summed E-state index contributed by atoms with van der Waals surface area (Å²) in [6, 6.07) is 9.67. The fraction of sp³-hybridized carbons (Fsp3) is 0.682. The lowest BCUT2D eigenvalue weighted by Gasteiger charge is -2.38. The minimum atomic E-state index is 0.162. The van der Waals surface area contributed by atoms with Crippen molar-refractivity contribution in [2.75, 3.05) is 44.7 Å². The molecule has 4 nitrogen and oxygen atoms in total. The maximum Gasteiger partial charge on any atom is 0.135 e. The molecule has 0 amide bonds. The number of hydrogen-bond acceptors (Lipinski definition) is 4. The molecule has 1 aliphatic rings. The molecule has 0 aromatic heterocycles. The van der Waals surface area contributed by atoms with E-state index in [1.807, 2.05) is 13.8 Å². The number of benzene rings is 1. The predicted molar refractivity (Wildman–Crippen MR) is 111 cm³/mol. The Hall–Kier alpha value is -1.39.